The molecule has 1 aliphatic rings. The van der Waals surface area contributed by atoms with Crippen molar-refractivity contribution in [2.24, 2.45) is 0 Å². The van der Waals surface area contributed by atoms with Crippen molar-refractivity contribution in [2.75, 3.05) is 0 Å². The molecular formula is C12H10N2O3. The van der Waals surface area contributed by atoms with E-state index in [4.69, 9.17) is 0 Å². The average molecular weight is 230 g/mol. The summed E-state index contributed by atoms with van der Waals surface area (Å²) in [6, 6.07) is 5.46. The first kappa shape index (κ1) is 10.0. The van der Waals surface area contributed by atoms with Gasteiger partial charge in [0.05, 0.1) is 11.9 Å². The Labute approximate surface area is 96.7 Å². The van der Waals surface area contributed by atoms with Gasteiger partial charge in [-0.05, 0) is 12.1 Å². The van der Waals surface area contributed by atoms with Crippen LogP contribution in [0.25, 0.3) is 5.65 Å². The number of Topliss-reactive ketones (excluding diaryl/α,β-unsaturated/α-hetero) is 1. The van der Waals surface area contributed by atoms with Crippen molar-refractivity contribution in [1.29, 1.82) is 0 Å². The summed E-state index contributed by atoms with van der Waals surface area (Å²) in [5, 5.41) is 9.34. The minimum absolute atomic E-state index is 0.0155. The molecule has 0 saturated heterocycles. The molecule has 1 fully saturated rings. The number of aliphatic carboxylic acids is 1. The standard InChI is InChI=1S/C12H10N2O3/c15-8-5-12(6-8,11(16)17)9-7-13-10-3-1-2-4-14(9)10/h1-4,7H,5-6H2,(H,16,17). The minimum atomic E-state index is -1.09. The van der Waals surface area contributed by atoms with Crippen LogP contribution in [0.1, 0.15) is 18.5 Å². The fourth-order valence-electron chi connectivity index (χ4n) is 2.35. The lowest BCUT2D eigenvalue weighted by molar-refractivity contribution is -0.153. The Bertz CT molecular complexity index is 621. The number of pyridine rings is 1. The molecule has 0 spiro atoms. The first-order chi connectivity index (χ1) is 8.13. The van der Waals surface area contributed by atoms with Gasteiger partial charge < -0.3 is 9.51 Å². The molecule has 1 N–H and O–H groups in total. The lowest BCUT2D eigenvalue weighted by atomic mass is 9.66. The number of ketones is 1. The van der Waals surface area contributed by atoms with E-state index in [0.717, 1.165) is 0 Å². The molecule has 0 radical (unpaired) electrons. The Morgan fingerprint density at radius 3 is 2.82 bits per heavy atom. The quantitative estimate of drug-likeness (QED) is 0.836. The second-order valence-corrected chi connectivity index (χ2v) is 4.35. The van der Waals surface area contributed by atoms with E-state index in [2.05, 4.69) is 4.98 Å². The molecule has 1 saturated carbocycles. The molecule has 5 heteroatoms. The first-order valence-electron chi connectivity index (χ1n) is 5.31. The summed E-state index contributed by atoms with van der Waals surface area (Å²) in [4.78, 5) is 26.7. The second kappa shape index (κ2) is 3.16. The maximum atomic E-state index is 11.4. The summed E-state index contributed by atoms with van der Waals surface area (Å²) >= 11 is 0. The zero-order valence-electron chi connectivity index (χ0n) is 8.96. The number of carbonyl (C=O) groups excluding carboxylic acids is 1. The molecule has 0 aromatic carbocycles. The van der Waals surface area contributed by atoms with Crippen molar-refractivity contribution in [3.63, 3.8) is 0 Å². The number of carbonyl (C=O) groups is 2. The Kier molecular flexibility index (Phi) is 1.86. The highest BCUT2D eigenvalue weighted by molar-refractivity contribution is 6.01. The molecular weight excluding hydrogens is 220 g/mol. The van der Waals surface area contributed by atoms with Crippen LogP contribution in [0.2, 0.25) is 0 Å². The van der Waals surface area contributed by atoms with Gasteiger partial charge in [0.25, 0.3) is 0 Å². The van der Waals surface area contributed by atoms with E-state index < -0.39 is 11.4 Å². The number of rotatable bonds is 2. The number of hydrogen-bond donors (Lipinski definition) is 1. The van der Waals surface area contributed by atoms with Crippen LogP contribution in [-0.4, -0.2) is 26.2 Å². The highest BCUT2D eigenvalue weighted by Gasteiger charge is 2.53. The fourth-order valence-corrected chi connectivity index (χ4v) is 2.35. The van der Waals surface area contributed by atoms with E-state index in [0.29, 0.717) is 11.3 Å². The van der Waals surface area contributed by atoms with Crippen LogP contribution < -0.4 is 0 Å². The number of imidazole rings is 1. The number of nitrogens with zero attached hydrogens (tertiary/aromatic N) is 2. The third kappa shape index (κ3) is 1.22. The van der Waals surface area contributed by atoms with Gasteiger partial charge in [-0.15, -0.1) is 0 Å². The van der Waals surface area contributed by atoms with Gasteiger partial charge in [-0.25, -0.2) is 4.98 Å². The van der Waals surface area contributed by atoms with Crippen molar-refractivity contribution >= 4 is 17.4 Å². The minimum Gasteiger partial charge on any atom is -0.481 e. The molecule has 5 nitrogen and oxygen atoms in total. The van der Waals surface area contributed by atoms with Gasteiger partial charge in [-0.3, -0.25) is 9.59 Å². The number of hydrogen-bond acceptors (Lipinski definition) is 3. The lowest BCUT2D eigenvalue weighted by Gasteiger charge is -2.35. The largest absolute Gasteiger partial charge is 0.481 e. The highest BCUT2D eigenvalue weighted by Crippen LogP contribution is 2.41. The van der Waals surface area contributed by atoms with Gasteiger partial charge in [0, 0.05) is 19.0 Å². The third-order valence-corrected chi connectivity index (χ3v) is 3.31. The van der Waals surface area contributed by atoms with Crippen LogP contribution in [0.15, 0.2) is 30.6 Å². The van der Waals surface area contributed by atoms with Gasteiger partial charge in [0.1, 0.15) is 16.8 Å². The predicted molar refractivity (Wildman–Crippen MR) is 58.7 cm³/mol. The molecule has 3 rings (SSSR count). The van der Waals surface area contributed by atoms with Crippen molar-refractivity contribution in [3.8, 4) is 0 Å². The van der Waals surface area contributed by atoms with Crippen molar-refractivity contribution in [3.05, 3.63) is 36.3 Å². The summed E-state index contributed by atoms with van der Waals surface area (Å²) in [7, 11) is 0. The molecule has 2 aromatic rings. The zero-order valence-corrected chi connectivity index (χ0v) is 8.96. The Morgan fingerprint density at radius 2 is 2.18 bits per heavy atom. The highest BCUT2D eigenvalue weighted by atomic mass is 16.4. The molecule has 86 valence electrons. The van der Waals surface area contributed by atoms with E-state index in [1.54, 1.807) is 22.9 Å². The van der Waals surface area contributed by atoms with Gasteiger partial charge >= 0.3 is 5.97 Å². The van der Waals surface area contributed by atoms with Gasteiger partial charge in [0.2, 0.25) is 0 Å². The molecule has 17 heavy (non-hydrogen) atoms. The van der Waals surface area contributed by atoms with Crippen LogP contribution in [-0.2, 0) is 15.0 Å². The van der Waals surface area contributed by atoms with Crippen molar-refractivity contribution < 1.29 is 14.7 Å². The summed E-state index contributed by atoms with van der Waals surface area (Å²) in [5.41, 5.74) is 0.195. The number of fused-ring (bicyclic) bond motifs is 1. The third-order valence-electron chi connectivity index (χ3n) is 3.31. The summed E-state index contributed by atoms with van der Waals surface area (Å²) in [6.07, 6.45) is 3.44. The van der Waals surface area contributed by atoms with Gasteiger partial charge in [0.15, 0.2) is 0 Å². The van der Waals surface area contributed by atoms with Crippen molar-refractivity contribution in [1.82, 2.24) is 9.38 Å². The maximum Gasteiger partial charge on any atom is 0.316 e. The van der Waals surface area contributed by atoms with E-state index in [9.17, 15) is 14.7 Å². The second-order valence-electron chi connectivity index (χ2n) is 4.35. The Hall–Kier alpha value is -2.17. The van der Waals surface area contributed by atoms with E-state index in [1.165, 1.54) is 0 Å². The molecule has 0 amide bonds. The predicted octanol–water partition coefficient (Wildman–Crippen LogP) is 1.02. The van der Waals surface area contributed by atoms with Crippen LogP contribution in [0, 0.1) is 0 Å². The first-order valence-corrected chi connectivity index (χ1v) is 5.31. The molecule has 0 aliphatic heterocycles. The summed E-state index contributed by atoms with van der Waals surface area (Å²) in [5.74, 6) is -0.971. The Balaban J connectivity index is 2.20. The number of aromatic nitrogens is 2. The topological polar surface area (TPSA) is 71.7 Å². The summed E-state index contributed by atoms with van der Waals surface area (Å²) in [6.45, 7) is 0. The van der Waals surface area contributed by atoms with E-state index in [-0.39, 0.29) is 18.6 Å². The monoisotopic (exact) mass is 230 g/mol. The fraction of sp³-hybridized carbons (Fsp3) is 0.250. The normalized spacial score (nSPS) is 18.0. The molecule has 2 aromatic heterocycles. The van der Waals surface area contributed by atoms with Crippen molar-refractivity contribution in [2.45, 2.75) is 18.3 Å². The smallest absolute Gasteiger partial charge is 0.316 e. The SMILES string of the molecule is O=C1CC(C(=O)O)(c2cnc3ccccn23)C1. The number of carboxylic acid groups (broad SMARTS) is 1. The average Bonchev–Trinajstić information content (AvgIpc) is 2.68. The van der Waals surface area contributed by atoms with Gasteiger partial charge in [-0.2, -0.15) is 0 Å². The zero-order chi connectivity index (χ0) is 12.0. The van der Waals surface area contributed by atoms with Crippen LogP contribution in [0.4, 0.5) is 0 Å². The molecule has 0 atom stereocenters. The van der Waals surface area contributed by atoms with Crippen LogP contribution in [0.5, 0.6) is 0 Å². The molecule has 2 heterocycles. The molecule has 0 unspecified atom stereocenters. The lowest BCUT2D eigenvalue weighted by Crippen LogP contribution is -2.49. The maximum absolute atomic E-state index is 11.4. The molecule has 0 bridgehead atoms. The Morgan fingerprint density at radius 1 is 1.41 bits per heavy atom. The number of carboxylic acids is 1. The van der Waals surface area contributed by atoms with Crippen LogP contribution >= 0.6 is 0 Å². The van der Waals surface area contributed by atoms with E-state index in [1.807, 2.05) is 12.1 Å². The van der Waals surface area contributed by atoms with Gasteiger partial charge in [-0.1, -0.05) is 6.07 Å². The molecule has 1 aliphatic carbocycles. The summed E-state index contributed by atoms with van der Waals surface area (Å²) < 4.78 is 1.74. The van der Waals surface area contributed by atoms with Crippen LogP contribution in [0.3, 0.4) is 0 Å². The van der Waals surface area contributed by atoms with E-state index >= 15 is 0 Å².